The van der Waals surface area contributed by atoms with Crippen molar-refractivity contribution in [3.63, 3.8) is 0 Å². The van der Waals surface area contributed by atoms with Gasteiger partial charge in [0.2, 0.25) is 0 Å². The number of ether oxygens (including phenoxy) is 1. The van der Waals surface area contributed by atoms with Crippen molar-refractivity contribution >= 4 is 15.8 Å². The number of rotatable bonds is 6. The number of esters is 1. The van der Waals surface area contributed by atoms with Crippen LogP contribution in [0.15, 0.2) is 41.3 Å². The SMILES string of the molecule is CCOC(=O)/C=C/[C@H](O)CS(=O)(=O)c1ccc(C)cc1. The fourth-order valence-corrected chi connectivity index (χ4v) is 2.81. The van der Waals surface area contributed by atoms with Gasteiger partial charge in [0.1, 0.15) is 0 Å². The van der Waals surface area contributed by atoms with E-state index in [1.165, 1.54) is 12.1 Å². The lowest BCUT2D eigenvalue weighted by atomic mass is 10.2. The Morgan fingerprint density at radius 1 is 1.35 bits per heavy atom. The second kappa shape index (κ2) is 7.21. The molecule has 6 heteroatoms. The van der Waals surface area contributed by atoms with E-state index >= 15 is 0 Å². The normalized spacial score (nSPS) is 13.3. The van der Waals surface area contributed by atoms with Crippen LogP contribution in [0, 0.1) is 6.92 Å². The lowest BCUT2D eigenvalue weighted by Crippen LogP contribution is -2.19. The van der Waals surface area contributed by atoms with Crippen molar-refractivity contribution in [2.24, 2.45) is 0 Å². The maximum absolute atomic E-state index is 12.0. The standard InChI is InChI=1S/C14H18O5S/c1-3-19-14(16)9-6-12(15)10-20(17,18)13-7-4-11(2)5-8-13/h4-9,12,15H,3,10H2,1-2H3/b9-6+/t12-/m0/s1. The molecule has 0 saturated heterocycles. The predicted octanol–water partition coefficient (Wildman–Crippen LogP) is 1.25. The Hall–Kier alpha value is -1.66. The van der Waals surface area contributed by atoms with Gasteiger partial charge in [-0.3, -0.25) is 0 Å². The van der Waals surface area contributed by atoms with Gasteiger partial charge in [-0.25, -0.2) is 13.2 Å². The molecule has 1 N–H and O–H groups in total. The lowest BCUT2D eigenvalue weighted by molar-refractivity contribution is -0.137. The van der Waals surface area contributed by atoms with Gasteiger partial charge in [-0.1, -0.05) is 17.7 Å². The average Bonchev–Trinajstić information content (AvgIpc) is 2.37. The van der Waals surface area contributed by atoms with E-state index in [9.17, 15) is 18.3 Å². The second-order valence-corrected chi connectivity index (χ2v) is 6.31. The zero-order chi connectivity index (χ0) is 15.2. The van der Waals surface area contributed by atoms with Gasteiger partial charge < -0.3 is 9.84 Å². The molecule has 0 bridgehead atoms. The van der Waals surface area contributed by atoms with Gasteiger partial charge in [-0.15, -0.1) is 0 Å². The summed E-state index contributed by atoms with van der Waals surface area (Å²) in [5.41, 5.74) is 0.951. The number of benzene rings is 1. The fourth-order valence-electron chi connectivity index (χ4n) is 1.50. The summed E-state index contributed by atoms with van der Waals surface area (Å²) in [7, 11) is -3.59. The van der Waals surface area contributed by atoms with Crippen LogP contribution < -0.4 is 0 Å². The molecule has 0 heterocycles. The molecule has 0 spiro atoms. The molecule has 20 heavy (non-hydrogen) atoms. The van der Waals surface area contributed by atoms with E-state index < -0.39 is 27.7 Å². The van der Waals surface area contributed by atoms with E-state index in [-0.39, 0.29) is 11.5 Å². The molecule has 0 fully saturated rings. The Labute approximate surface area is 118 Å². The maximum Gasteiger partial charge on any atom is 0.330 e. The van der Waals surface area contributed by atoms with Crippen molar-refractivity contribution in [1.82, 2.24) is 0 Å². The zero-order valence-corrected chi connectivity index (χ0v) is 12.3. The Kier molecular flexibility index (Phi) is 5.91. The third kappa shape index (κ3) is 5.14. The van der Waals surface area contributed by atoms with Gasteiger partial charge in [0.25, 0.3) is 0 Å². The molecule has 0 aromatic heterocycles. The highest BCUT2D eigenvalue weighted by molar-refractivity contribution is 7.91. The number of carbonyl (C=O) groups is 1. The Bertz CT molecular complexity index is 572. The Morgan fingerprint density at radius 2 is 1.95 bits per heavy atom. The van der Waals surface area contributed by atoms with E-state index in [0.29, 0.717) is 0 Å². The van der Waals surface area contributed by atoms with E-state index in [2.05, 4.69) is 4.74 Å². The summed E-state index contributed by atoms with van der Waals surface area (Å²) in [4.78, 5) is 11.2. The van der Waals surface area contributed by atoms with Gasteiger partial charge in [0.05, 0.1) is 23.4 Å². The maximum atomic E-state index is 12.0. The molecule has 0 saturated carbocycles. The highest BCUT2D eigenvalue weighted by Crippen LogP contribution is 2.13. The molecule has 0 amide bonds. The number of sulfone groups is 1. The van der Waals surface area contributed by atoms with Crippen molar-refractivity contribution in [3.8, 4) is 0 Å². The van der Waals surface area contributed by atoms with Crippen LogP contribution in [0.25, 0.3) is 0 Å². The van der Waals surface area contributed by atoms with Crippen molar-refractivity contribution in [2.75, 3.05) is 12.4 Å². The zero-order valence-electron chi connectivity index (χ0n) is 11.4. The molecule has 0 aliphatic rings. The van der Waals surface area contributed by atoms with E-state index in [0.717, 1.165) is 17.7 Å². The summed E-state index contributed by atoms with van der Waals surface area (Å²) in [5, 5.41) is 9.64. The van der Waals surface area contributed by atoms with Gasteiger partial charge in [0, 0.05) is 6.08 Å². The Balaban J connectivity index is 2.71. The molecule has 1 rings (SSSR count). The average molecular weight is 298 g/mol. The summed E-state index contributed by atoms with van der Waals surface area (Å²) in [6, 6.07) is 6.36. The van der Waals surface area contributed by atoms with Crippen LogP contribution in [0.1, 0.15) is 12.5 Å². The largest absolute Gasteiger partial charge is 0.463 e. The molecule has 0 unspecified atom stereocenters. The number of hydrogen-bond donors (Lipinski definition) is 1. The minimum absolute atomic E-state index is 0.145. The van der Waals surface area contributed by atoms with Crippen molar-refractivity contribution in [3.05, 3.63) is 42.0 Å². The number of hydrogen-bond acceptors (Lipinski definition) is 5. The van der Waals surface area contributed by atoms with Crippen molar-refractivity contribution in [2.45, 2.75) is 24.8 Å². The first-order valence-electron chi connectivity index (χ1n) is 6.17. The first kappa shape index (κ1) is 16.4. The van der Waals surface area contributed by atoms with Gasteiger partial charge in [-0.05, 0) is 32.1 Å². The molecular formula is C14H18O5S. The third-order valence-electron chi connectivity index (χ3n) is 2.51. The van der Waals surface area contributed by atoms with Crippen molar-refractivity contribution < 1.29 is 23.1 Å². The summed E-state index contributed by atoms with van der Waals surface area (Å²) in [5.74, 6) is -1.09. The number of carbonyl (C=O) groups excluding carboxylic acids is 1. The van der Waals surface area contributed by atoms with Crippen molar-refractivity contribution in [1.29, 1.82) is 0 Å². The van der Waals surface area contributed by atoms with Crippen LogP contribution in [0.4, 0.5) is 0 Å². The predicted molar refractivity (Wildman–Crippen MR) is 75.0 cm³/mol. The molecule has 1 aromatic rings. The number of aryl methyl sites for hydroxylation is 1. The van der Waals surface area contributed by atoms with Gasteiger partial charge in [-0.2, -0.15) is 0 Å². The number of aliphatic hydroxyl groups is 1. The monoisotopic (exact) mass is 298 g/mol. The molecule has 1 atom stereocenters. The topological polar surface area (TPSA) is 80.7 Å². The van der Waals surface area contributed by atoms with Gasteiger partial charge in [0.15, 0.2) is 9.84 Å². The summed E-state index contributed by atoms with van der Waals surface area (Å²) in [6.07, 6.45) is 0.883. The Morgan fingerprint density at radius 3 is 2.50 bits per heavy atom. The summed E-state index contributed by atoms with van der Waals surface area (Å²) in [6.45, 7) is 3.73. The minimum Gasteiger partial charge on any atom is -0.463 e. The number of aliphatic hydroxyl groups excluding tert-OH is 1. The molecule has 1 aromatic carbocycles. The third-order valence-corrected chi connectivity index (χ3v) is 4.28. The van der Waals surface area contributed by atoms with Crippen LogP contribution >= 0.6 is 0 Å². The molecule has 0 aliphatic carbocycles. The van der Waals surface area contributed by atoms with Crippen LogP contribution in [-0.2, 0) is 19.4 Å². The van der Waals surface area contributed by atoms with Crippen LogP contribution in [0.5, 0.6) is 0 Å². The second-order valence-electron chi connectivity index (χ2n) is 4.27. The first-order chi connectivity index (χ1) is 9.35. The van der Waals surface area contributed by atoms with Crippen LogP contribution in [0.3, 0.4) is 0 Å². The molecular weight excluding hydrogens is 280 g/mol. The molecule has 0 radical (unpaired) electrons. The molecule has 5 nitrogen and oxygen atoms in total. The highest BCUT2D eigenvalue weighted by Gasteiger charge is 2.18. The lowest BCUT2D eigenvalue weighted by Gasteiger charge is -2.07. The van der Waals surface area contributed by atoms with Gasteiger partial charge >= 0.3 is 5.97 Å². The van der Waals surface area contributed by atoms with E-state index in [4.69, 9.17) is 0 Å². The highest BCUT2D eigenvalue weighted by atomic mass is 32.2. The van der Waals surface area contributed by atoms with E-state index in [1.54, 1.807) is 19.1 Å². The first-order valence-corrected chi connectivity index (χ1v) is 7.83. The van der Waals surface area contributed by atoms with Crippen LogP contribution in [-0.4, -0.2) is 38.0 Å². The molecule has 110 valence electrons. The minimum atomic E-state index is -3.59. The van der Waals surface area contributed by atoms with Crippen LogP contribution in [0.2, 0.25) is 0 Å². The summed E-state index contributed by atoms with van der Waals surface area (Å²) < 4.78 is 28.7. The molecule has 0 aliphatic heterocycles. The van der Waals surface area contributed by atoms with E-state index in [1.807, 2.05) is 6.92 Å². The smallest absolute Gasteiger partial charge is 0.330 e. The quantitative estimate of drug-likeness (QED) is 0.631. The fraction of sp³-hybridized carbons (Fsp3) is 0.357. The summed E-state index contributed by atoms with van der Waals surface area (Å²) >= 11 is 0.